The molecule has 2 aromatic carbocycles. The molecular weight excluding hydrogens is 389 g/mol. The molecule has 0 aliphatic rings. The summed E-state index contributed by atoms with van der Waals surface area (Å²) in [6, 6.07) is 13.4. The Balaban J connectivity index is 1.91. The fraction of sp³-hybridized carbons (Fsp3) is 0.222. The number of Topliss-reactive ketones (excluding diaryl/α,β-unsaturated/α-hetero) is 1. The Kier molecular flexibility index (Phi) is 5.71. The third-order valence-corrected chi connectivity index (χ3v) is 4.12. The van der Waals surface area contributed by atoms with Gasteiger partial charge < -0.3 is 5.32 Å². The zero-order valence-electron chi connectivity index (χ0n) is 12.7. The second kappa shape index (κ2) is 7.54. The van der Waals surface area contributed by atoms with Gasteiger partial charge in [0.25, 0.3) is 0 Å². The molecule has 0 bridgehead atoms. The first-order chi connectivity index (χ1) is 10.5. The Bertz CT molecular complexity index is 693. The number of anilines is 1. The molecule has 2 aromatic rings. The summed E-state index contributed by atoms with van der Waals surface area (Å²) in [6.07, 6.45) is 0.415. The zero-order valence-corrected chi connectivity index (χ0v) is 14.8. The first-order valence-electron chi connectivity index (χ1n) is 7.11. The van der Waals surface area contributed by atoms with E-state index in [9.17, 15) is 9.59 Å². The van der Waals surface area contributed by atoms with Crippen molar-refractivity contribution in [2.24, 2.45) is 0 Å². The molecule has 0 unspecified atom stereocenters. The average Bonchev–Trinajstić information content (AvgIpc) is 2.49. The van der Waals surface area contributed by atoms with E-state index in [-0.39, 0.29) is 24.5 Å². The average molecular weight is 407 g/mol. The molecule has 0 radical (unpaired) electrons. The fourth-order valence-electron chi connectivity index (χ4n) is 2.15. The molecular formula is C18H18INO2. The molecule has 0 aliphatic heterocycles. The van der Waals surface area contributed by atoms with Crippen LogP contribution in [0.25, 0.3) is 0 Å². The molecule has 0 saturated heterocycles. The van der Waals surface area contributed by atoms with Gasteiger partial charge >= 0.3 is 0 Å². The topological polar surface area (TPSA) is 46.2 Å². The van der Waals surface area contributed by atoms with E-state index in [0.29, 0.717) is 5.56 Å². The van der Waals surface area contributed by atoms with Crippen LogP contribution in [0.15, 0.2) is 42.5 Å². The van der Waals surface area contributed by atoms with Crippen LogP contribution < -0.4 is 5.32 Å². The minimum absolute atomic E-state index is 0.0129. The van der Waals surface area contributed by atoms with Gasteiger partial charge in [0, 0.05) is 27.7 Å². The van der Waals surface area contributed by atoms with Crippen LogP contribution >= 0.6 is 22.6 Å². The van der Waals surface area contributed by atoms with Gasteiger partial charge in [0.15, 0.2) is 5.78 Å². The molecule has 0 fully saturated rings. The molecule has 0 atom stereocenters. The quantitative estimate of drug-likeness (QED) is 0.586. The number of aryl methyl sites for hydroxylation is 2. The highest BCUT2D eigenvalue weighted by Crippen LogP contribution is 2.15. The van der Waals surface area contributed by atoms with Crippen molar-refractivity contribution in [1.82, 2.24) is 0 Å². The van der Waals surface area contributed by atoms with Crippen molar-refractivity contribution in [2.45, 2.75) is 26.7 Å². The number of benzene rings is 2. The minimum atomic E-state index is -0.139. The monoisotopic (exact) mass is 407 g/mol. The van der Waals surface area contributed by atoms with Crippen LogP contribution in [0.5, 0.6) is 0 Å². The van der Waals surface area contributed by atoms with E-state index in [2.05, 4.69) is 27.9 Å². The number of rotatable bonds is 5. The summed E-state index contributed by atoms with van der Waals surface area (Å²) >= 11 is 2.21. The number of carbonyl (C=O) groups excluding carboxylic acids is 2. The Hall–Kier alpha value is -1.69. The van der Waals surface area contributed by atoms with E-state index in [1.54, 1.807) is 0 Å². The minimum Gasteiger partial charge on any atom is -0.326 e. The lowest BCUT2D eigenvalue weighted by Crippen LogP contribution is -2.14. The first kappa shape index (κ1) is 16.7. The number of amides is 1. The largest absolute Gasteiger partial charge is 0.326 e. The van der Waals surface area contributed by atoms with Crippen molar-refractivity contribution >= 4 is 40.0 Å². The Labute approximate surface area is 144 Å². The van der Waals surface area contributed by atoms with Crippen molar-refractivity contribution in [2.75, 3.05) is 5.32 Å². The van der Waals surface area contributed by atoms with Crippen LogP contribution in [-0.2, 0) is 4.79 Å². The van der Waals surface area contributed by atoms with E-state index in [0.717, 1.165) is 20.4 Å². The van der Waals surface area contributed by atoms with Gasteiger partial charge in [0.05, 0.1) is 0 Å². The zero-order chi connectivity index (χ0) is 16.1. The predicted octanol–water partition coefficient (Wildman–Crippen LogP) is 4.51. The second-order valence-corrected chi connectivity index (χ2v) is 6.54. The number of carbonyl (C=O) groups is 2. The number of hydrogen-bond donors (Lipinski definition) is 1. The summed E-state index contributed by atoms with van der Waals surface area (Å²) in [5, 5.41) is 2.81. The van der Waals surface area contributed by atoms with Gasteiger partial charge in [-0.05, 0) is 72.3 Å². The van der Waals surface area contributed by atoms with Crippen molar-refractivity contribution < 1.29 is 9.59 Å². The normalized spacial score (nSPS) is 10.3. The molecule has 2 rings (SSSR count). The summed E-state index contributed by atoms with van der Waals surface area (Å²) < 4.78 is 1.11. The summed E-state index contributed by atoms with van der Waals surface area (Å²) in [5.74, 6) is -0.126. The SMILES string of the molecule is Cc1ccc(C)c(C(=O)CCC(=O)Nc2ccc(I)cc2)c1. The van der Waals surface area contributed by atoms with Crippen LogP contribution in [0.2, 0.25) is 0 Å². The molecule has 4 heteroatoms. The Morgan fingerprint density at radius 3 is 2.36 bits per heavy atom. The van der Waals surface area contributed by atoms with Gasteiger partial charge in [-0.15, -0.1) is 0 Å². The predicted molar refractivity (Wildman–Crippen MR) is 97.3 cm³/mol. The highest BCUT2D eigenvalue weighted by atomic mass is 127. The number of halogens is 1. The molecule has 1 amide bonds. The van der Waals surface area contributed by atoms with Gasteiger partial charge in [-0.3, -0.25) is 9.59 Å². The lowest BCUT2D eigenvalue weighted by molar-refractivity contribution is -0.116. The summed E-state index contributed by atoms with van der Waals surface area (Å²) in [7, 11) is 0. The molecule has 0 aromatic heterocycles. The van der Waals surface area contributed by atoms with Crippen molar-refractivity contribution in [3.63, 3.8) is 0 Å². The van der Waals surface area contributed by atoms with Crippen LogP contribution in [0.3, 0.4) is 0 Å². The van der Waals surface area contributed by atoms with Gasteiger partial charge in [-0.1, -0.05) is 17.7 Å². The van der Waals surface area contributed by atoms with E-state index in [1.165, 1.54) is 0 Å². The van der Waals surface area contributed by atoms with Crippen LogP contribution in [0, 0.1) is 17.4 Å². The first-order valence-corrected chi connectivity index (χ1v) is 8.19. The molecule has 0 heterocycles. The molecule has 0 saturated carbocycles. The van der Waals surface area contributed by atoms with Crippen LogP contribution in [-0.4, -0.2) is 11.7 Å². The van der Waals surface area contributed by atoms with E-state index < -0.39 is 0 Å². The second-order valence-electron chi connectivity index (χ2n) is 5.30. The fourth-order valence-corrected chi connectivity index (χ4v) is 2.51. The van der Waals surface area contributed by atoms with Crippen molar-refractivity contribution in [1.29, 1.82) is 0 Å². The molecule has 0 spiro atoms. The summed E-state index contributed by atoms with van der Waals surface area (Å²) in [6.45, 7) is 3.87. The van der Waals surface area contributed by atoms with Crippen LogP contribution in [0.1, 0.15) is 34.3 Å². The molecule has 114 valence electrons. The maximum Gasteiger partial charge on any atom is 0.224 e. The standard InChI is InChI=1S/C18H18INO2/c1-12-3-4-13(2)16(11-12)17(21)9-10-18(22)20-15-7-5-14(19)6-8-15/h3-8,11H,9-10H2,1-2H3,(H,20,22). The van der Waals surface area contributed by atoms with E-state index >= 15 is 0 Å². The molecule has 3 nitrogen and oxygen atoms in total. The van der Waals surface area contributed by atoms with Crippen molar-refractivity contribution in [3.8, 4) is 0 Å². The number of nitrogens with one attached hydrogen (secondary N) is 1. The lowest BCUT2D eigenvalue weighted by Gasteiger charge is -2.07. The third kappa shape index (κ3) is 4.66. The number of ketones is 1. The summed E-state index contributed by atoms with van der Waals surface area (Å²) in [4.78, 5) is 24.2. The Morgan fingerprint density at radius 1 is 1.00 bits per heavy atom. The smallest absolute Gasteiger partial charge is 0.224 e. The van der Waals surface area contributed by atoms with Gasteiger partial charge in [0.2, 0.25) is 5.91 Å². The highest BCUT2D eigenvalue weighted by Gasteiger charge is 2.12. The van der Waals surface area contributed by atoms with Crippen LogP contribution in [0.4, 0.5) is 5.69 Å². The van der Waals surface area contributed by atoms with E-state index in [4.69, 9.17) is 0 Å². The van der Waals surface area contributed by atoms with Gasteiger partial charge in [-0.25, -0.2) is 0 Å². The molecule has 22 heavy (non-hydrogen) atoms. The lowest BCUT2D eigenvalue weighted by atomic mass is 9.99. The molecule has 1 N–H and O–H groups in total. The number of hydrogen-bond acceptors (Lipinski definition) is 2. The Morgan fingerprint density at radius 2 is 1.68 bits per heavy atom. The summed E-state index contributed by atoms with van der Waals surface area (Å²) in [5.41, 5.74) is 3.47. The third-order valence-electron chi connectivity index (χ3n) is 3.40. The van der Waals surface area contributed by atoms with E-state index in [1.807, 2.05) is 56.3 Å². The highest BCUT2D eigenvalue weighted by molar-refractivity contribution is 14.1. The molecule has 0 aliphatic carbocycles. The maximum absolute atomic E-state index is 12.2. The maximum atomic E-state index is 12.2. The van der Waals surface area contributed by atoms with Crippen molar-refractivity contribution in [3.05, 3.63) is 62.7 Å². The van der Waals surface area contributed by atoms with Gasteiger partial charge in [0.1, 0.15) is 0 Å². The van der Waals surface area contributed by atoms with Gasteiger partial charge in [-0.2, -0.15) is 0 Å².